The normalized spacial score (nSPS) is 21.2. The number of rotatable bonds is 10. The maximum Gasteiger partial charge on any atom is 0.321 e. The highest BCUT2D eigenvalue weighted by Gasteiger charge is 2.57. The van der Waals surface area contributed by atoms with Crippen molar-refractivity contribution in [1.82, 2.24) is 0 Å². The van der Waals surface area contributed by atoms with Crippen LogP contribution in [0.25, 0.3) is 0 Å². The zero-order valence-electron chi connectivity index (χ0n) is 15.2. The molecule has 0 atom stereocenters. The predicted octanol–water partition coefficient (Wildman–Crippen LogP) is 2.70. The maximum atomic E-state index is 11.8. The van der Waals surface area contributed by atoms with Crippen molar-refractivity contribution >= 4 is 23.9 Å². The fourth-order valence-corrected chi connectivity index (χ4v) is 4.59. The average molecular weight is 372 g/mol. The van der Waals surface area contributed by atoms with Crippen LogP contribution in [-0.2, 0) is 19.2 Å². The Balaban J connectivity index is 3.13. The molecule has 0 heterocycles. The number of hydrogen-bond donors (Lipinski definition) is 4. The van der Waals surface area contributed by atoms with Gasteiger partial charge in [-0.15, -0.1) is 0 Å². The van der Waals surface area contributed by atoms with E-state index in [1.165, 1.54) is 0 Å². The van der Waals surface area contributed by atoms with E-state index in [0.717, 1.165) is 0 Å². The molecule has 1 aliphatic carbocycles. The molecule has 0 aromatic rings. The highest BCUT2D eigenvalue weighted by molar-refractivity contribution is 5.99. The molecule has 0 spiro atoms. The van der Waals surface area contributed by atoms with Gasteiger partial charge in [0.2, 0.25) is 0 Å². The van der Waals surface area contributed by atoms with Gasteiger partial charge in [0.25, 0.3) is 0 Å². The largest absolute Gasteiger partial charge is 0.480 e. The third kappa shape index (κ3) is 3.54. The monoisotopic (exact) mass is 372 g/mol. The maximum absolute atomic E-state index is 11.8. The molecule has 0 saturated heterocycles. The Hall–Kier alpha value is -2.12. The number of carbonyl (C=O) groups is 4. The van der Waals surface area contributed by atoms with Crippen LogP contribution in [0.5, 0.6) is 0 Å². The second-order valence-corrected chi connectivity index (χ2v) is 7.21. The Bertz CT molecular complexity index is 482. The van der Waals surface area contributed by atoms with Crippen molar-refractivity contribution in [2.45, 2.75) is 65.2 Å². The fraction of sp³-hybridized carbons (Fsp3) is 0.778. The minimum atomic E-state index is -1.90. The van der Waals surface area contributed by atoms with Gasteiger partial charge in [-0.3, -0.25) is 19.2 Å². The van der Waals surface area contributed by atoms with Crippen molar-refractivity contribution < 1.29 is 39.6 Å². The Morgan fingerprint density at radius 1 is 0.654 bits per heavy atom. The molecule has 1 aliphatic rings. The summed E-state index contributed by atoms with van der Waals surface area (Å²) in [5.74, 6) is -6.82. The Morgan fingerprint density at radius 2 is 0.885 bits per heavy atom. The molecule has 0 bridgehead atoms. The third-order valence-electron chi connectivity index (χ3n) is 5.94. The van der Waals surface area contributed by atoms with E-state index in [4.69, 9.17) is 0 Å². The zero-order chi connectivity index (χ0) is 20.1. The standard InChI is InChI=1S/C18H28O8/c1-3-9-17(13(19)20,14(21)22)11-5-7-12(8-6-11)18(10-4-2,15(23)24)16(25)26/h11-12H,3-10H2,1-2H3,(H,19,20)(H,21,22)(H,23,24)(H,25,26). The summed E-state index contributed by atoms with van der Waals surface area (Å²) in [5, 5.41) is 38.4. The van der Waals surface area contributed by atoms with Gasteiger partial charge in [0, 0.05) is 0 Å². The van der Waals surface area contributed by atoms with Crippen molar-refractivity contribution in [2.75, 3.05) is 0 Å². The number of aliphatic carboxylic acids is 4. The van der Waals surface area contributed by atoms with Gasteiger partial charge in [0.1, 0.15) is 0 Å². The lowest BCUT2D eigenvalue weighted by atomic mass is 9.59. The number of carboxylic acids is 4. The summed E-state index contributed by atoms with van der Waals surface area (Å²) in [5.41, 5.74) is -3.81. The van der Waals surface area contributed by atoms with E-state index in [-0.39, 0.29) is 38.5 Å². The second kappa shape index (κ2) is 8.51. The van der Waals surface area contributed by atoms with Gasteiger partial charge < -0.3 is 20.4 Å². The molecule has 1 saturated carbocycles. The first-order chi connectivity index (χ1) is 12.1. The summed E-state index contributed by atoms with van der Waals surface area (Å²) < 4.78 is 0. The molecule has 0 unspecified atom stereocenters. The Kier molecular flexibility index (Phi) is 7.17. The molecule has 0 aromatic carbocycles. The lowest BCUT2D eigenvalue weighted by molar-refractivity contribution is -0.178. The fourth-order valence-electron chi connectivity index (χ4n) is 4.59. The first kappa shape index (κ1) is 21.9. The van der Waals surface area contributed by atoms with E-state index in [9.17, 15) is 39.6 Å². The van der Waals surface area contributed by atoms with Gasteiger partial charge in [-0.25, -0.2) is 0 Å². The molecule has 8 heteroatoms. The van der Waals surface area contributed by atoms with Crippen LogP contribution in [0.1, 0.15) is 65.2 Å². The van der Waals surface area contributed by atoms with E-state index in [0.29, 0.717) is 12.8 Å². The van der Waals surface area contributed by atoms with Crippen molar-refractivity contribution in [3.8, 4) is 0 Å². The molecule has 0 radical (unpaired) electrons. The van der Waals surface area contributed by atoms with Crippen molar-refractivity contribution in [3.63, 3.8) is 0 Å². The molecule has 1 rings (SSSR count). The average Bonchev–Trinajstić information content (AvgIpc) is 2.56. The summed E-state index contributed by atoms with van der Waals surface area (Å²) in [6.45, 7) is 3.43. The smallest absolute Gasteiger partial charge is 0.321 e. The quantitative estimate of drug-likeness (QED) is 0.428. The van der Waals surface area contributed by atoms with Gasteiger partial charge in [-0.2, -0.15) is 0 Å². The third-order valence-corrected chi connectivity index (χ3v) is 5.94. The van der Waals surface area contributed by atoms with Crippen molar-refractivity contribution in [1.29, 1.82) is 0 Å². The van der Waals surface area contributed by atoms with Crippen LogP contribution in [-0.4, -0.2) is 44.3 Å². The molecule has 8 nitrogen and oxygen atoms in total. The predicted molar refractivity (Wildman–Crippen MR) is 90.7 cm³/mol. The number of carboxylic acid groups (broad SMARTS) is 4. The molecule has 0 amide bonds. The molecule has 4 N–H and O–H groups in total. The van der Waals surface area contributed by atoms with Crippen LogP contribution in [0.2, 0.25) is 0 Å². The summed E-state index contributed by atoms with van der Waals surface area (Å²) in [4.78, 5) is 47.1. The zero-order valence-corrected chi connectivity index (χ0v) is 15.2. The van der Waals surface area contributed by atoms with Gasteiger partial charge in [-0.05, 0) is 50.4 Å². The first-order valence-electron chi connectivity index (χ1n) is 9.04. The lowest BCUT2D eigenvalue weighted by Gasteiger charge is -2.42. The summed E-state index contributed by atoms with van der Waals surface area (Å²) >= 11 is 0. The van der Waals surface area contributed by atoms with Crippen LogP contribution in [0.3, 0.4) is 0 Å². The van der Waals surface area contributed by atoms with Crippen molar-refractivity contribution in [2.24, 2.45) is 22.7 Å². The molecule has 26 heavy (non-hydrogen) atoms. The minimum absolute atomic E-state index is 0.00896. The highest BCUT2D eigenvalue weighted by Crippen LogP contribution is 2.49. The topological polar surface area (TPSA) is 149 Å². The highest BCUT2D eigenvalue weighted by atomic mass is 16.4. The van der Waals surface area contributed by atoms with Gasteiger partial charge >= 0.3 is 23.9 Å². The number of hydrogen-bond acceptors (Lipinski definition) is 4. The van der Waals surface area contributed by atoms with Crippen LogP contribution in [0, 0.1) is 22.7 Å². The molecule has 148 valence electrons. The lowest BCUT2D eigenvalue weighted by Crippen LogP contribution is -2.50. The van der Waals surface area contributed by atoms with E-state index >= 15 is 0 Å². The SMILES string of the molecule is CCCC(C(=O)O)(C(=O)O)C1CCC(C(CCC)(C(=O)O)C(=O)O)CC1. The van der Waals surface area contributed by atoms with E-state index in [2.05, 4.69) is 0 Å². The van der Waals surface area contributed by atoms with Crippen molar-refractivity contribution in [3.05, 3.63) is 0 Å². The van der Waals surface area contributed by atoms with Crippen LogP contribution < -0.4 is 0 Å². The van der Waals surface area contributed by atoms with Gasteiger partial charge in [-0.1, -0.05) is 26.7 Å². The summed E-state index contributed by atoms with van der Waals surface area (Å²) in [6.07, 6.45) is 1.52. The molecule has 1 fully saturated rings. The summed E-state index contributed by atoms with van der Waals surface area (Å²) in [7, 11) is 0. The minimum Gasteiger partial charge on any atom is -0.480 e. The molecule has 0 aromatic heterocycles. The van der Waals surface area contributed by atoms with E-state index < -0.39 is 46.5 Å². The Morgan fingerprint density at radius 3 is 1.04 bits per heavy atom. The first-order valence-corrected chi connectivity index (χ1v) is 9.04. The summed E-state index contributed by atoms with van der Waals surface area (Å²) in [6, 6.07) is 0. The van der Waals surface area contributed by atoms with E-state index in [1.807, 2.05) is 0 Å². The van der Waals surface area contributed by atoms with Crippen LogP contribution in [0.4, 0.5) is 0 Å². The molecule has 0 aliphatic heterocycles. The second-order valence-electron chi connectivity index (χ2n) is 7.21. The molecular weight excluding hydrogens is 344 g/mol. The molecular formula is C18H28O8. The van der Waals surface area contributed by atoms with E-state index in [1.54, 1.807) is 13.8 Å². The Labute approximate surface area is 152 Å². The van der Waals surface area contributed by atoms with Crippen LogP contribution in [0.15, 0.2) is 0 Å². The van der Waals surface area contributed by atoms with Gasteiger partial charge in [0.15, 0.2) is 10.8 Å². The van der Waals surface area contributed by atoms with Gasteiger partial charge in [0.05, 0.1) is 0 Å². The van der Waals surface area contributed by atoms with Crippen LogP contribution >= 0.6 is 0 Å².